The van der Waals surface area contributed by atoms with Crippen LogP contribution in [0.3, 0.4) is 0 Å². The zero-order valence-corrected chi connectivity index (χ0v) is 16.7. The van der Waals surface area contributed by atoms with Gasteiger partial charge in [-0.1, -0.05) is 6.07 Å². The second-order valence-corrected chi connectivity index (χ2v) is 8.53. The van der Waals surface area contributed by atoms with E-state index in [-0.39, 0.29) is 5.91 Å². The summed E-state index contributed by atoms with van der Waals surface area (Å²) in [4.78, 5) is 23.7. The van der Waals surface area contributed by atoms with Crippen molar-refractivity contribution in [3.8, 4) is 5.00 Å². The predicted octanol–water partition coefficient (Wildman–Crippen LogP) is 3.78. The average molecular weight is 393 g/mol. The van der Waals surface area contributed by atoms with Crippen LogP contribution < -0.4 is 4.90 Å². The minimum Gasteiger partial charge on any atom is -0.353 e. The number of carbonyl (C=O) groups is 1. The summed E-state index contributed by atoms with van der Waals surface area (Å²) >= 11 is 1.80. The number of aryl methyl sites for hydroxylation is 1. The third-order valence-electron chi connectivity index (χ3n) is 5.75. The second kappa shape index (κ2) is 7.43. The number of carbonyl (C=O) groups excluding carboxylic acids is 1. The highest BCUT2D eigenvalue weighted by Gasteiger charge is 2.30. The van der Waals surface area contributed by atoms with Crippen LogP contribution in [0.2, 0.25) is 0 Å². The molecule has 0 N–H and O–H groups in total. The molecule has 144 valence electrons. The average Bonchev–Trinajstić information content (AvgIpc) is 3.42. The Hall–Kier alpha value is -2.60. The SMILES string of the molecule is O=C(c1c(-n2cccc2)sc2c1CCCC2)N1CCN(c2ccccn2)CC1. The van der Waals surface area contributed by atoms with Gasteiger partial charge in [0.05, 0.1) is 5.56 Å². The van der Waals surface area contributed by atoms with E-state index < -0.39 is 0 Å². The normalized spacial score (nSPS) is 16.9. The summed E-state index contributed by atoms with van der Waals surface area (Å²) in [6.45, 7) is 3.14. The zero-order chi connectivity index (χ0) is 18.9. The molecular weight excluding hydrogens is 368 g/mol. The number of rotatable bonds is 3. The number of nitrogens with zero attached hydrogens (tertiary/aromatic N) is 4. The molecule has 0 bridgehead atoms. The van der Waals surface area contributed by atoms with Crippen LogP contribution in [0.4, 0.5) is 5.82 Å². The van der Waals surface area contributed by atoms with Crippen molar-refractivity contribution in [3.63, 3.8) is 0 Å². The Morgan fingerprint density at radius 2 is 1.75 bits per heavy atom. The third-order valence-corrected chi connectivity index (χ3v) is 7.05. The maximum atomic E-state index is 13.6. The van der Waals surface area contributed by atoms with E-state index in [4.69, 9.17) is 0 Å². The lowest BCUT2D eigenvalue weighted by Crippen LogP contribution is -2.49. The smallest absolute Gasteiger partial charge is 0.257 e. The summed E-state index contributed by atoms with van der Waals surface area (Å²) < 4.78 is 2.11. The van der Waals surface area contributed by atoms with Gasteiger partial charge in [-0.05, 0) is 55.5 Å². The fourth-order valence-corrected chi connectivity index (χ4v) is 5.61. The molecule has 0 saturated carbocycles. The monoisotopic (exact) mass is 392 g/mol. The quantitative estimate of drug-likeness (QED) is 0.681. The number of piperazine rings is 1. The molecule has 5 rings (SSSR count). The lowest BCUT2D eigenvalue weighted by molar-refractivity contribution is 0.0745. The number of amides is 1. The van der Waals surface area contributed by atoms with Crippen molar-refractivity contribution < 1.29 is 4.79 Å². The van der Waals surface area contributed by atoms with Crippen LogP contribution in [0, 0.1) is 0 Å². The molecule has 1 aliphatic heterocycles. The Morgan fingerprint density at radius 1 is 0.964 bits per heavy atom. The maximum absolute atomic E-state index is 13.6. The minimum absolute atomic E-state index is 0.198. The van der Waals surface area contributed by atoms with Gasteiger partial charge >= 0.3 is 0 Å². The first-order valence-corrected chi connectivity index (χ1v) is 10.9. The summed E-state index contributed by atoms with van der Waals surface area (Å²) in [5, 5.41) is 1.09. The summed E-state index contributed by atoms with van der Waals surface area (Å²) in [6, 6.07) is 10.0. The number of aromatic nitrogens is 2. The summed E-state index contributed by atoms with van der Waals surface area (Å²) in [5.41, 5.74) is 2.25. The molecule has 0 aromatic carbocycles. The molecule has 1 fully saturated rings. The highest BCUT2D eigenvalue weighted by atomic mass is 32.1. The van der Waals surface area contributed by atoms with Gasteiger partial charge in [0.1, 0.15) is 10.8 Å². The van der Waals surface area contributed by atoms with Crippen molar-refractivity contribution in [2.24, 2.45) is 0 Å². The number of fused-ring (bicyclic) bond motifs is 1. The lowest BCUT2D eigenvalue weighted by Gasteiger charge is -2.35. The fraction of sp³-hybridized carbons (Fsp3) is 0.364. The molecule has 3 aromatic heterocycles. The number of thiophene rings is 1. The van der Waals surface area contributed by atoms with Crippen molar-refractivity contribution in [3.05, 3.63) is 64.9 Å². The highest BCUT2D eigenvalue weighted by Crippen LogP contribution is 2.37. The molecule has 1 saturated heterocycles. The van der Waals surface area contributed by atoms with E-state index in [1.165, 1.54) is 23.3 Å². The van der Waals surface area contributed by atoms with Gasteiger partial charge in [0.25, 0.3) is 5.91 Å². The van der Waals surface area contributed by atoms with Crippen LogP contribution in [0.25, 0.3) is 5.00 Å². The molecule has 1 aliphatic carbocycles. The zero-order valence-electron chi connectivity index (χ0n) is 15.9. The minimum atomic E-state index is 0.198. The van der Waals surface area contributed by atoms with Crippen LogP contribution in [-0.4, -0.2) is 46.5 Å². The van der Waals surface area contributed by atoms with E-state index >= 15 is 0 Å². The van der Waals surface area contributed by atoms with Gasteiger partial charge in [-0.3, -0.25) is 4.79 Å². The van der Waals surface area contributed by atoms with Gasteiger partial charge in [-0.2, -0.15) is 0 Å². The van der Waals surface area contributed by atoms with E-state index in [0.717, 1.165) is 55.4 Å². The first kappa shape index (κ1) is 17.5. The standard InChI is InChI=1S/C22H24N4OS/c27-21(25-15-13-24(14-16-25)19-9-3-4-10-23-19)20-17-7-1-2-8-18(17)28-22(20)26-11-5-6-12-26/h3-6,9-12H,1-2,7-8,13-16H2. The van der Waals surface area contributed by atoms with E-state index in [1.807, 2.05) is 53.8 Å². The summed E-state index contributed by atoms with van der Waals surface area (Å²) in [5.74, 6) is 1.19. The molecular formula is C22H24N4OS. The van der Waals surface area contributed by atoms with Gasteiger partial charge in [0.15, 0.2) is 0 Å². The van der Waals surface area contributed by atoms with Gasteiger partial charge in [0, 0.05) is 49.6 Å². The largest absolute Gasteiger partial charge is 0.353 e. The first-order chi connectivity index (χ1) is 13.8. The number of pyridine rings is 1. The van der Waals surface area contributed by atoms with Crippen molar-refractivity contribution >= 4 is 23.1 Å². The van der Waals surface area contributed by atoms with Crippen LogP contribution in [0.5, 0.6) is 0 Å². The second-order valence-electron chi connectivity index (χ2n) is 7.45. The number of hydrogen-bond acceptors (Lipinski definition) is 4. The van der Waals surface area contributed by atoms with Crippen LogP contribution in [0.15, 0.2) is 48.9 Å². The van der Waals surface area contributed by atoms with Crippen molar-refractivity contribution in [1.29, 1.82) is 0 Å². The number of hydrogen-bond donors (Lipinski definition) is 0. The molecule has 0 spiro atoms. The van der Waals surface area contributed by atoms with E-state index in [2.05, 4.69) is 14.5 Å². The Labute approximate surface area is 169 Å². The molecule has 1 amide bonds. The Balaban J connectivity index is 1.41. The van der Waals surface area contributed by atoms with Crippen molar-refractivity contribution in [1.82, 2.24) is 14.5 Å². The van der Waals surface area contributed by atoms with Crippen LogP contribution in [-0.2, 0) is 12.8 Å². The maximum Gasteiger partial charge on any atom is 0.257 e. The van der Waals surface area contributed by atoms with Crippen LogP contribution >= 0.6 is 11.3 Å². The van der Waals surface area contributed by atoms with Gasteiger partial charge in [-0.25, -0.2) is 4.98 Å². The molecule has 0 atom stereocenters. The lowest BCUT2D eigenvalue weighted by atomic mass is 9.95. The van der Waals surface area contributed by atoms with Crippen molar-refractivity contribution in [2.45, 2.75) is 25.7 Å². The molecule has 0 radical (unpaired) electrons. The molecule has 28 heavy (non-hydrogen) atoms. The Kier molecular flexibility index (Phi) is 4.64. The molecule has 2 aliphatic rings. The summed E-state index contributed by atoms with van der Waals surface area (Å²) in [6.07, 6.45) is 10.5. The van der Waals surface area contributed by atoms with Crippen molar-refractivity contribution in [2.75, 3.05) is 31.1 Å². The van der Waals surface area contributed by atoms with E-state index in [0.29, 0.717) is 0 Å². The molecule has 6 heteroatoms. The van der Waals surface area contributed by atoms with Gasteiger partial charge in [0.2, 0.25) is 0 Å². The number of anilines is 1. The Bertz CT molecular complexity index is 956. The molecule has 3 aromatic rings. The van der Waals surface area contributed by atoms with Gasteiger partial charge in [-0.15, -0.1) is 11.3 Å². The third kappa shape index (κ3) is 3.11. The molecule has 5 nitrogen and oxygen atoms in total. The molecule has 0 unspecified atom stereocenters. The van der Waals surface area contributed by atoms with Gasteiger partial charge < -0.3 is 14.4 Å². The molecule has 4 heterocycles. The van der Waals surface area contributed by atoms with E-state index in [1.54, 1.807) is 11.3 Å². The highest BCUT2D eigenvalue weighted by molar-refractivity contribution is 7.15. The first-order valence-electron chi connectivity index (χ1n) is 10.0. The van der Waals surface area contributed by atoms with E-state index in [9.17, 15) is 4.79 Å². The Morgan fingerprint density at radius 3 is 2.50 bits per heavy atom. The van der Waals surface area contributed by atoms with Crippen LogP contribution in [0.1, 0.15) is 33.6 Å². The predicted molar refractivity (Wildman–Crippen MR) is 113 cm³/mol. The topological polar surface area (TPSA) is 41.4 Å². The fourth-order valence-electron chi connectivity index (χ4n) is 4.26. The summed E-state index contributed by atoms with van der Waals surface area (Å²) in [7, 11) is 0.